The van der Waals surface area contributed by atoms with Gasteiger partial charge in [0.25, 0.3) is 5.91 Å². The van der Waals surface area contributed by atoms with Gasteiger partial charge in [0, 0.05) is 5.56 Å². The highest BCUT2D eigenvalue weighted by atomic mass is 32.1. The lowest BCUT2D eigenvalue weighted by Crippen LogP contribution is -2.44. The Labute approximate surface area is 114 Å². The lowest BCUT2D eigenvalue weighted by Gasteiger charge is -2.17. The fraction of sp³-hybridized carbons (Fsp3) is 0.308. The average molecular weight is 278 g/mol. The minimum Gasteiger partial charge on any atom is -0.480 e. The normalized spacial score (nSPS) is 12.6. The number of amides is 1. The maximum atomic E-state index is 12.0. The molecule has 1 aromatic heterocycles. The molecular weight excluding hydrogens is 264 g/mol. The summed E-state index contributed by atoms with van der Waals surface area (Å²) in [5.41, 5.74) is 2.99. The van der Waals surface area contributed by atoms with E-state index >= 15 is 0 Å². The maximum absolute atomic E-state index is 12.0. The van der Waals surface area contributed by atoms with Crippen LogP contribution >= 0.6 is 11.3 Å². The van der Waals surface area contributed by atoms with Crippen LogP contribution in [0.5, 0.6) is 0 Å². The summed E-state index contributed by atoms with van der Waals surface area (Å²) in [6, 6.07) is 4.24. The minimum atomic E-state index is -1.03. The van der Waals surface area contributed by atoms with Crippen LogP contribution in [0.4, 0.5) is 0 Å². The molecule has 1 atom stereocenters. The zero-order valence-corrected chi connectivity index (χ0v) is 11.4. The number of nitrogens with zero attached hydrogens (tertiary/aromatic N) is 1. The Balaban J connectivity index is 2.21. The summed E-state index contributed by atoms with van der Waals surface area (Å²) in [6.07, 6.45) is 0. The van der Waals surface area contributed by atoms with E-state index in [4.69, 9.17) is 5.11 Å². The van der Waals surface area contributed by atoms with Crippen LogP contribution in [0.3, 0.4) is 0 Å². The van der Waals surface area contributed by atoms with Gasteiger partial charge in [-0.05, 0) is 24.1 Å². The maximum Gasteiger partial charge on any atom is 0.326 e. The number of carboxylic acids is 1. The summed E-state index contributed by atoms with van der Waals surface area (Å²) in [5.74, 6) is -1.58. The Kier molecular flexibility index (Phi) is 3.80. The van der Waals surface area contributed by atoms with E-state index in [2.05, 4.69) is 10.3 Å². The molecule has 0 unspecified atom stereocenters. The minimum absolute atomic E-state index is 0.173. The average Bonchev–Trinajstić information content (AvgIpc) is 2.81. The van der Waals surface area contributed by atoms with Gasteiger partial charge in [-0.3, -0.25) is 4.79 Å². The highest BCUT2D eigenvalue weighted by Gasteiger charge is 2.23. The fourth-order valence-electron chi connectivity index (χ4n) is 1.73. The highest BCUT2D eigenvalue weighted by molar-refractivity contribution is 7.16. The van der Waals surface area contributed by atoms with Gasteiger partial charge >= 0.3 is 5.97 Å². The molecule has 6 heteroatoms. The molecule has 2 rings (SSSR count). The van der Waals surface area contributed by atoms with E-state index in [9.17, 15) is 9.59 Å². The second kappa shape index (κ2) is 5.36. The Morgan fingerprint density at radius 3 is 2.74 bits per heavy atom. The smallest absolute Gasteiger partial charge is 0.326 e. The van der Waals surface area contributed by atoms with E-state index < -0.39 is 12.0 Å². The van der Waals surface area contributed by atoms with Crippen LogP contribution in [-0.2, 0) is 4.79 Å². The van der Waals surface area contributed by atoms with E-state index in [-0.39, 0.29) is 11.8 Å². The first kappa shape index (κ1) is 13.5. The van der Waals surface area contributed by atoms with Crippen molar-refractivity contribution in [2.45, 2.75) is 19.9 Å². The molecule has 5 nitrogen and oxygen atoms in total. The molecule has 1 aromatic carbocycles. The van der Waals surface area contributed by atoms with Crippen LogP contribution in [0.25, 0.3) is 10.2 Å². The third kappa shape index (κ3) is 2.90. The molecule has 0 radical (unpaired) electrons. The standard InChI is InChI=1S/C13H14N2O3S/c1-7(2)11(13(17)18)15-12(16)8-3-4-9-10(5-8)19-6-14-9/h3-7,11H,1-2H3,(H,15,16)(H,17,18)/t11-/m0/s1. The van der Waals surface area contributed by atoms with Crippen LogP contribution in [0.2, 0.25) is 0 Å². The zero-order chi connectivity index (χ0) is 14.0. The number of aliphatic carboxylic acids is 1. The largest absolute Gasteiger partial charge is 0.480 e. The van der Waals surface area contributed by atoms with Crippen molar-refractivity contribution in [3.05, 3.63) is 29.3 Å². The van der Waals surface area contributed by atoms with Gasteiger partial charge < -0.3 is 10.4 Å². The monoisotopic (exact) mass is 278 g/mol. The quantitative estimate of drug-likeness (QED) is 0.898. The summed E-state index contributed by atoms with van der Waals surface area (Å²) in [4.78, 5) is 27.2. The third-order valence-corrected chi connectivity index (χ3v) is 3.60. The number of carbonyl (C=O) groups excluding carboxylic acids is 1. The number of carbonyl (C=O) groups is 2. The second-order valence-corrected chi connectivity index (χ2v) is 5.45. The number of hydrogen-bond donors (Lipinski definition) is 2. The van der Waals surface area contributed by atoms with Gasteiger partial charge in [-0.1, -0.05) is 13.8 Å². The van der Waals surface area contributed by atoms with Gasteiger partial charge in [0.1, 0.15) is 6.04 Å². The molecule has 2 N–H and O–H groups in total. The van der Waals surface area contributed by atoms with Crippen molar-refractivity contribution in [3.8, 4) is 0 Å². The number of rotatable bonds is 4. The molecule has 1 amide bonds. The lowest BCUT2D eigenvalue weighted by molar-refractivity contribution is -0.140. The SMILES string of the molecule is CC(C)[C@H](NC(=O)c1ccc2ncsc2c1)C(=O)O. The first-order valence-electron chi connectivity index (χ1n) is 5.86. The van der Waals surface area contributed by atoms with Gasteiger partial charge in [-0.2, -0.15) is 0 Å². The summed E-state index contributed by atoms with van der Waals surface area (Å²) in [5, 5.41) is 11.6. The highest BCUT2D eigenvalue weighted by Crippen LogP contribution is 2.19. The Morgan fingerprint density at radius 2 is 2.11 bits per heavy atom. The molecule has 0 saturated heterocycles. The van der Waals surface area contributed by atoms with Gasteiger partial charge in [0.15, 0.2) is 0 Å². The Hall–Kier alpha value is -1.95. The summed E-state index contributed by atoms with van der Waals surface area (Å²) in [7, 11) is 0. The molecule has 0 aliphatic carbocycles. The first-order valence-corrected chi connectivity index (χ1v) is 6.74. The Morgan fingerprint density at radius 1 is 1.37 bits per heavy atom. The lowest BCUT2D eigenvalue weighted by atomic mass is 10.0. The van der Waals surface area contributed by atoms with Crippen LogP contribution in [0.1, 0.15) is 24.2 Å². The van der Waals surface area contributed by atoms with Crippen molar-refractivity contribution in [2.24, 2.45) is 5.92 Å². The topological polar surface area (TPSA) is 79.3 Å². The van der Waals surface area contributed by atoms with Gasteiger partial charge in [0.2, 0.25) is 0 Å². The van der Waals surface area contributed by atoms with E-state index in [1.165, 1.54) is 11.3 Å². The van der Waals surface area contributed by atoms with Crippen LogP contribution in [0.15, 0.2) is 23.7 Å². The summed E-state index contributed by atoms with van der Waals surface area (Å²) >= 11 is 1.44. The van der Waals surface area contributed by atoms with Crippen molar-refractivity contribution < 1.29 is 14.7 Å². The number of benzene rings is 1. The molecule has 0 aliphatic heterocycles. The van der Waals surface area contributed by atoms with Crippen LogP contribution in [-0.4, -0.2) is 28.0 Å². The van der Waals surface area contributed by atoms with E-state index in [1.807, 2.05) is 0 Å². The fourth-order valence-corrected chi connectivity index (χ4v) is 2.45. The van der Waals surface area contributed by atoms with E-state index in [0.29, 0.717) is 5.56 Å². The van der Waals surface area contributed by atoms with Crippen LogP contribution in [0, 0.1) is 5.92 Å². The number of fused-ring (bicyclic) bond motifs is 1. The van der Waals surface area contributed by atoms with Crippen molar-refractivity contribution >= 4 is 33.4 Å². The number of hydrogen-bond acceptors (Lipinski definition) is 4. The number of thiazole rings is 1. The van der Waals surface area contributed by atoms with Crippen molar-refractivity contribution in [1.82, 2.24) is 10.3 Å². The molecule has 0 aliphatic rings. The van der Waals surface area contributed by atoms with Gasteiger partial charge in [-0.25, -0.2) is 9.78 Å². The number of nitrogens with one attached hydrogen (secondary N) is 1. The Bertz CT molecular complexity index is 621. The van der Waals surface area contributed by atoms with Gasteiger partial charge in [0.05, 0.1) is 15.7 Å². The molecule has 19 heavy (non-hydrogen) atoms. The molecule has 0 fully saturated rings. The second-order valence-electron chi connectivity index (χ2n) is 4.57. The number of aromatic nitrogens is 1. The molecule has 1 heterocycles. The van der Waals surface area contributed by atoms with Crippen LogP contribution < -0.4 is 5.32 Å². The first-order chi connectivity index (χ1) is 8.99. The van der Waals surface area contributed by atoms with Crippen molar-refractivity contribution in [2.75, 3.05) is 0 Å². The predicted octanol–water partition coefficient (Wildman–Crippen LogP) is 2.14. The molecule has 100 valence electrons. The number of carboxylic acid groups (broad SMARTS) is 1. The zero-order valence-electron chi connectivity index (χ0n) is 10.6. The van der Waals surface area contributed by atoms with Crippen molar-refractivity contribution in [3.63, 3.8) is 0 Å². The molecule has 2 aromatic rings. The predicted molar refractivity (Wildman–Crippen MR) is 73.3 cm³/mol. The summed E-state index contributed by atoms with van der Waals surface area (Å²) in [6.45, 7) is 3.51. The van der Waals surface area contributed by atoms with E-state index in [0.717, 1.165) is 10.2 Å². The van der Waals surface area contributed by atoms with Crippen molar-refractivity contribution in [1.29, 1.82) is 0 Å². The molecule has 0 saturated carbocycles. The molecule has 0 bridgehead atoms. The third-order valence-electron chi connectivity index (χ3n) is 2.81. The van der Waals surface area contributed by atoms with Gasteiger partial charge in [-0.15, -0.1) is 11.3 Å². The summed E-state index contributed by atoms with van der Waals surface area (Å²) < 4.78 is 0.907. The molecule has 0 spiro atoms. The van der Waals surface area contributed by atoms with E-state index in [1.54, 1.807) is 37.6 Å². The molecular formula is C13H14N2O3S.